The van der Waals surface area contributed by atoms with Crippen molar-refractivity contribution >= 4 is 5.91 Å². The molecule has 6 heteroatoms. The van der Waals surface area contributed by atoms with Crippen LogP contribution in [0.1, 0.15) is 24.6 Å². The second-order valence-corrected chi connectivity index (χ2v) is 6.85. The highest BCUT2D eigenvalue weighted by Crippen LogP contribution is 2.37. The number of nitrogens with one attached hydrogen (secondary N) is 1. The molecule has 4 rings (SSSR count). The van der Waals surface area contributed by atoms with Crippen LogP contribution in [0.5, 0.6) is 0 Å². The van der Waals surface area contributed by atoms with Crippen LogP contribution in [0.2, 0.25) is 0 Å². The Bertz CT molecular complexity index is 933. The summed E-state index contributed by atoms with van der Waals surface area (Å²) in [7, 11) is 0. The Labute approximate surface area is 151 Å². The Morgan fingerprint density at radius 1 is 1.31 bits per heavy atom. The molecule has 2 aromatic heterocycles. The molecule has 2 heterocycles. The van der Waals surface area contributed by atoms with Gasteiger partial charge in [-0.15, -0.1) is 0 Å². The fraction of sp³-hybridized carbons (Fsp3) is 0.300. The highest BCUT2D eigenvalue weighted by Gasteiger charge is 2.38. The van der Waals surface area contributed by atoms with Crippen LogP contribution in [0.15, 0.2) is 47.4 Å². The Kier molecular flexibility index (Phi) is 4.24. The van der Waals surface area contributed by atoms with Gasteiger partial charge in [-0.1, -0.05) is 36.3 Å². The molecule has 1 amide bonds. The second kappa shape index (κ2) is 6.71. The van der Waals surface area contributed by atoms with Gasteiger partial charge in [0.25, 0.3) is 0 Å². The van der Waals surface area contributed by atoms with E-state index >= 15 is 0 Å². The average Bonchev–Trinajstić information content (AvgIpc) is 3.24. The van der Waals surface area contributed by atoms with Crippen LogP contribution in [-0.4, -0.2) is 21.0 Å². The van der Waals surface area contributed by atoms with E-state index in [1.807, 2.05) is 37.3 Å². The minimum atomic E-state index is 0.153. The standard InChI is InChI=1S/C20H20N4O2/c1-12-7-16(12)20(25)22-9-14-3-5-15(6-4-14)19-17(10-21-11-23-19)18-8-13(2)24-26-18/h3-6,8,10-12,16H,7,9H2,1-2H3,(H,22,25). The molecule has 1 N–H and O–H groups in total. The summed E-state index contributed by atoms with van der Waals surface area (Å²) < 4.78 is 5.36. The number of hydrogen-bond acceptors (Lipinski definition) is 5. The van der Waals surface area contributed by atoms with E-state index in [9.17, 15) is 4.79 Å². The van der Waals surface area contributed by atoms with Crippen LogP contribution < -0.4 is 5.32 Å². The minimum Gasteiger partial charge on any atom is -0.356 e. The number of rotatable bonds is 5. The van der Waals surface area contributed by atoms with E-state index < -0.39 is 0 Å². The number of carbonyl (C=O) groups is 1. The van der Waals surface area contributed by atoms with Crippen LogP contribution >= 0.6 is 0 Å². The van der Waals surface area contributed by atoms with Gasteiger partial charge in [-0.25, -0.2) is 9.97 Å². The predicted molar refractivity (Wildman–Crippen MR) is 96.8 cm³/mol. The molecule has 1 aliphatic rings. The lowest BCUT2D eigenvalue weighted by Crippen LogP contribution is -2.24. The van der Waals surface area contributed by atoms with Gasteiger partial charge in [-0.3, -0.25) is 4.79 Å². The normalized spacial score (nSPS) is 18.5. The van der Waals surface area contributed by atoms with Gasteiger partial charge < -0.3 is 9.84 Å². The molecule has 1 aromatic carbocycles. The van der Waals surface area contributed by atoms with Crippen LogP contribution in [0.25, 0.3) is 22.6 Å². The molecule has 1 fully saturated rings. The van der Waals surface area contributed by atoms with Gasteiger partial charge in [0.05, 0.1) is 17.0 Å². The number of aryl methyl sites for hydroxylation is 1. The maximum Gasteiger partial charge on any atom is 0.223 e. The Morgan fingerprint density at radius 3 is 2.73 bits per heavy atom. The van der Waals surface area contributed by atoms with Crippen LogP contribution in [0.4, 0.5) is 0 Å². The van der Waals surface area contributed by atoms with Crippen molar-refractivity contribution in [2.24, 2.45) is 11.8 Å². The summed E-state index contributed by atoms with van der Waals surface area (Å²) in [6, 6.07) is 9.87. The second-order valence-electron chi connectivity index (χ2n) is 6.85. The van der Waals surface area contributed by atoms with Gasteiger partial charge in [0.1, 0.15) is 6.33 Å². The molecule has 0 saturated heterocycles. The summed E-state index contributed by atoms with van der Waals surface area (Å²) in [5, 5.41) is 6.94. The van der Waals surface area contributed by atoms with Crippen molar-refractivity contribution in [3.8, 4) is 22.6 Å². The maximum atomic E-state index is 11.9. The predicted octanol–water partition coefficient (Wildman–Crippen LogP) is 3.38. The van der Waals surface area contributed by atoms with Crippen molar-refractivity contribution in [2.45, 2.75) is 26.8 Å². The summed E-state index contributed by atoms with van der Waals surface area (Å²) in [5.41, 5.74) is 4.42. The summed E-state index contributed by atoms with van der Waals surface area (Å²) in [5.74, 6) is 1.52. The zero-order valence-electron chi connectivity index (χ0n) is 14.8. The van der Waals surface area contributed by atoms with Gasteiger partial charge in [-0.2, -0.15) is 0 Å². The quantitative estimate of drug-likeness (QED) is 0.764. The summed E-state index contributed by atoms with van der Waals surface area (Å²) in [6.07, 6.45) is 4.25. The Hall–Kier alpha value is -3.02. The molecule has 3 aromatic rings. The average molecular weight is 348 g/mol. The van der Waals surface area contributed by atoms with E-state index in [1.165, 1.54) is 6.33 Å². The van der Waals surface area contributed by atoms with Crippen LogP contribution in [0, 0.1) is 18.8 Å². The number of amides is 1. The molecular weight excluding hydrogens is 328 g/mol. The molecule has 1 aliphatic carbocycles. The Balaban J connectivity index is 1.51. The zero-order valence-corrected chi connectivity index (χ0v) is 14.8. The third-order valence-corrected chi connectivity index (χ3v) is 4.75. The summed E-state index contributed by atoms with van der Waals surface area (Å²) in [4.78, 5) is 20.5. The molecule has 2 unspecified atom stereocenters. The highest BCUT2D eigenvalue weighted by molar-refractivity contribution is 5.81. The lowest BCUT2D eigenvalue weighted by molar-refractivity contribution is -0.122. The summed E-state index contributed by atoms with van der Waals surface area (Å²) >= 11 is 0. The van der Waals surface area contributed by atoms with Gasteiger partial charge in [0.15, 0.2) is 5.76 Å². The van der Waals surface area contributed by atoms with Crippen molar-refractivity contribution in [3.63, 3.8) is 0 Å². The molecule has 0 bridgehead atoms. The first-order valence-corrected chi connectivity index (χ1v) is 8.72. The number of hydrogen-bond donors (Lipinski definition) is 1. The lowest BCUT2D eigenvalue weighted by Gasteiger charge is -2.08. The van der Waals surface area contributed by atoms with Crippen molar-refractivity contribution < 1.29 is 9.32 Å². The zero-order chi connectivity index (χ0) is 18.1. The van der Waals surface area contributed by atoms with Crippen molar-refractivity contribution in [1.29, 1.82) is 0 Å². The van der Waals surface area contributed by atoms with Gasteiger partial charge in [0.2, 0.25) is 5.91 Å². The maximum absolute atomic E-state index is 11.9. The van der Waals surface area contributed by atoms with E-state index in [2.05, 4.69) is 27.4 Å². The summed E-state index contributed by atoms with van der Waals surface area (Å²) in [6.45, 7) is 4.52. The van der Waals surface area contributed by atoms with E-state index in [0.717, 1.165) is 34.5 Å². The molecule has 0 aliphatic heterocycles. The molecule has 2 atom stereocenters. The lowest BCUT2D eigenvalue weighted by atomic mass is 10.0. The number of carbonyl (C=O) groups excluding carboxylic acids is 1. The van der Waals surface area contributed by atoms with Gasteiger partial charge >= 0.3 is 0 Å². The molecule has 1 saturated carbocycles. The molecule has 0 spiro atoms. The van der Waals surface area contributed by atoms with Crippen molar-refractivity contribution in [2.75, 3.05) is 0 Å². The topological polar surface area (TPSA) is 80.9 Å². The van der Waals surface area contributed by atoms with Gasteiger partial charge in [0, 0.05) is 30.3 Å². The number of benzene rings is 1. The molecule has 0 radical (unpaired) electrons. The van der Waals surface area contributed by atoms with Crippen molar-refractivity contribution in [1.82, 2.24) is 20.4 Å². The fourth-order valence-corrected chi connectivity index (χ4v) is 3.02. The first-order chi connectivity index (χ1) is 12.6. The van der Waals surface area contributed by atoms with E-state index in [-0.39, 0.29) is 11.8 Å². The minimum absolute atomic E-state index is 0.153. The molecular formula is C20H20N4O2. The van der Waals surface area contributed by atoms with Crippen LogP contribution in [-0.2, 0) is 11.3 Å². The van der Waals surface area contributed by atoms with Gasteiger partial charge in [-0.05, 0) is 24.8 Å². The van der Waals surface area contributed by atoms with Crippen LogP contribution in [0.3, 0.4) is 0 Å². The fourth-order valence-electron chi connectivity index (χ4n) is 3.02. The number of aromatic nitrogens is 3. The Morgan fingerprint density at radius 2 is 2.08 bits per heavy atom. The monoisotopic (exact) mass is 348 g/mol. The number of nitrogens with zero attached hydrogens (tertiary/aromatic N) is 3. The van der Waals surface area contributed by atoms with E-state index in [1.54, 1.807) is 6.20 Å². The SMILES string of the molecule is Cc1cc(-c2cncnc2-c2ccc(CNC(=O)C3CC3C)cc2)on1. The highest BCUT2D eigenvalue weighted by atomic mass is 16.5. The first-order valence-electron chi connectivity index (χ1n) is 8.72. The smallest absolute Gasteiger partial charge is 0.223 e. The molecule has 6 nitrogen and oxygen atoms in total. The van der Waals surface area contributed by atoms with Crippen molar-refractivity contribution in [3.05, 3.63) is 54.1 Å². The molecule has 132 valence electrons. The third-order valence-electron chi connectivity index (χ3n) is 4.75. The van der Waals surface area contributed by atoms with E-state index in [0.29, 0.717) is 18.2 Å². The molecule has 26 heavy (non-hydrogen) atoms. The third kappa shape index (κ3) is 3.35. The van der Waals surface area contributed by atoms with E-state index in [4.69, 9.17) is 4.52 Å². The largest absolute Gasteiger partial charge is 0.356 e. The first kappa shape index (κ1) is 16.4.